The molecule has 3 rings (SSSR count). The number of hydrogen-bond donors (Lipinski definition) is 2. The van der Waals surface area contributed by atoms with Crippen LogP contribution in [0, 0.1) is 6.92 Å². The van der Waals surface area contributed by atoms with Gasteiger partial charge in [-0.1, -0.05) is 15.9 Å². The molecule has 20 heavy (non-hydrogen) atoms. The number of nitrogens with one attached hydrogen (secondary N) is 1. The second kappa shape index (κ2) is 5.28. The van der Waals surface area contributed by atoms with E-state index in [9.17, 15) is 0 Å². The fourth-order valence-electron chi connectivity index (χ4n) is 2.30. The average Bonchev–Trinajstić information content (AvgIpc) is 2.88. The quantitative estimate of drug-likeness (QED) is 0.902. The van der Waals surface area contributed by atoms with Crippen LogP contribution < -0.4 is 15.8 Å². The van der Waals surface area contributed by atoms with Crippen molar-refractivity contribution in [2.24, 2.45) is 0 Å². The van der Waals surface area contributed by atoms with Crippen LogP contribution in [0.2, 0.25) is 0 Å². The monoisotopic (exact) mass is 334 g/mol. The van der Waals surface area contributed by atoms with Crippen LogP contribution in [0.3, 0.4) is 0 Å². The fraction of sp³-hybridized carbons (Fsp3) is 0.286. The molecule has 2 heterocycles. The Morgan fingerprint density at radius 1 is 1.40 bits per heavy atom. The molecule has 0 radical (unpaired) electrons. The Bertz CT molecular complexity index is 660. The second-order valence-electron chi connectivity index (χ2n) is 4.74. The maximum Gasteiger partial charge on any atom is 0.134 e. The van der Waals surface area contributed by atoms with E-state index in [1.54, 1.807) is 0 Å². The summed E-state index contributed by atoms with van der Waals surface area (Å²) in [6, 6.07) is 4.18. The number of halogens is 1. The van der Waals surface area contributed by atoms with Gasteiger partial charge in [-0.25, -0.2) is 9.97 Å². The molecular weight excluding hydrogens is 320 g/mol. The van der Waals surface area contributed by atoms with Gasteiger partial charge >= 0.3 is 0 Å². The lowest BCUT2D eigenvalue weighted by molar-refractivity contribution is 0.354. The Morgan fingerprint density at radius 3 is 3.10 bits per heavy atom. The summed E-state index contributed by atoms with van der Waals surface area (Å²) in [5.74, 6) is 2.24. The minimum atomic E-state index is 0.498. The van der Waals surface area contributed by atoms with Crippen LogP contribution in [0.15, 0.2) is 22.9 Å². The minimum absolute atomic E-state index is 0.498. The summed E-state index contributed by atoms with van der Waals surface area (Å²) in [5.41, 5.74) is 9.00. The predicted molar refractivity (Wildman–Crippen MR) is 81.8 cm³/mol. The molecule has 104 valence electrons. The maximum absolute atomic E-state index is 5.78. The topological polar surface area (TPSA) is 73.1 Å². The number of benzene rings is 1. The molecule has 0 aliphatic carbocycles. The molecule has 0 fully saturated rings. The average molecular weight is 335 g/mol. The highest BCUT2D eigenvalue weighted by Crippen LogP contribution is 2.33. The summed E-state index contributed by atoms with van der Waals surface area (Å²) in [4.78, 5) is 8.18. The first kappa shape index (κ1) is 13.2. The van der Waals surface area contributed by atoms with Crippen molar-refractivity contribution in [1.82, 2.24) is 9.97 Å². The Morgan fingerprint density at radius 2 is 2.25 bits per heavy atom. The van der Waals surface area contributed by atoms with E-state index in [0.717, 1.165) is 40.2 Å². The predicted octanol–water partition coefficient (Wildman–Crippen LogP) is 2.68. The third-order valence-electron chi connectivity index (χ3n) is 3.39. The number of fused-ring (bicyclic) bond motifs is 1. The van der Waals surface area contributed by atoms with E-state index in [2.05, 4.69) is 43.3 Å². The van der Waals surface area contributed by atoms with Gasteiger partial charge in [0, 0.05) is 28.6 Å². The van der Waals surface area contributed by atoms with E-state index in [-0.39, 0.29) is 0 Å². The normalized spacial score (nSPS) is 12.9. The standard InChI is InChI=1S/C14H15BrN4O/c1-8-13(16)18-7-19-14(8)17-6-10-5-11(15)4-9-2-3-20-12(9)10/h4-5,7H,2-3,6H2,1H3,(H3,16,17,18,19). The number of rotatable bonds is 3. The van der Waals surface area contributed by atoms with Crippen molar-refractivity contribution < 1.29 is 4.74 Å². The number of nitrogens with zero attached hydrogens (tertiary/aromatic N) is 2. The van der Waals surface area contributed by atoms with Gasteiger partial charge in [0.25, 0.3) is 0 Å². The Kier molecular flexibility index (Phi) is 3.48. The number of nitrogen functional groups attached to an aromatic ring is 1. The number of ether oxygens (including phenoxy) is 1. The smallest absolute Gasteiger partial charge is 0.134 e. The van der Waals surface area contributed by atoms with Gasteiger partial charge in [-0.3, -0.25) is 0 Å². The largest absolute Gasteiger partial charge is 0.493 e. The van der Waals surface area contributed by atoms with Crippen LogP contribution in [0.5, 0.6) is 5.75 Å². The maximum atomic E-state index is 5.78. The summed E-state index contributed by atoms with van der Waals surface area (Å²) in [6.07, 6.45) is 2.42. The summed E-state index contributed by atoms with van der Waals surface area (Å²) in [7, 11) is 0. The molecule has 5 nitrogen and oxygen atoms in total. The highest BCUT2D eigenvalue weighted by Gasteiger charge is 2.17. The third-order valence-corrected chi connectivity index (χ3v) is 3.85. The molecule has 1 aromatic carbocycles. The lowest BCUT2D eigenvalue weighted by Gasteiger charge is -2.12. The van der Waals surface area contributed by atoms with Crippen molar-refractivity contribution in [1.29, 1.82) is 0 Å². The molecule has 1 aliphatic rings. The van der Waals surface area contributed by atoms with E-state index >= 15 is 0 Å². The van der Waals surface area contributed by atoms with Gasteiger partial charge in [0.2, 0.25) is 0 Å². The molecule has 0 atom stereocenters. The second-order valence-corrected chi connectivity index (χ2v) is 5.65. The molecule has 2 aromatic rings. The first-order valence-electron chi connectivity index (χ1n) is 6.40. The van der Waals surface area contributed by atoms with Crippen molar-refractivity contribution >= 4 is 27.6 Å². The molecule has 0 amide bonds. The number of nitrogens with two attached hydrogens (primary N) is 1. The van der Waals surface area contributed by atoms with Crippen molar-refractivity contribution in [2.75, 3.05) is 17.7 Å². The summed E-state index contributed by atoms with van der Waals surface area (Å²) >= 11 is 3.54. The van der Waals surface area contributed by atoms with E-state index in [0.29, 0.717) is 12.4 Å². The van der Waals surface area contributed by atoms with Gasteiger partial charge in [-0.05, 0) is 24.6 Å². The summed E-state index contributed by atoms with van der Waals surface area (Å²) in [6.45, 7) is 3.29. The third kappa shape index (κ3) is 2.43. The molecule has 3 N–H and O–H groups in total. The van der Waals surface area contributed by atoms with Gasteiger partial charge in [0.05, 0.1) is 6.61 Å². The van der Waals surface area contributed by atoms with Gasteiger partial charge in [-0.15, -0.1) is 0 Å². The molecule has 0 unspecified atom stereocenters. The van der Waals surface area contributed by atoms with Crippen LogP contribution >= 0.6 is 15.9 Å². The molecule has 0 saturated heterocycles. The van der Waals surface area contributed by atoms with Crippen molar-refractivity contribution in [3.63, 3.8) is 0 Å². The SMILES string of the molecule is Cc1c(N)ncnc1NCc1cc(Br)cc2c1OCC2. The zero-order chi connectivity index (χ0) is 14.1. The molecule has 6 heteroatoms. The van der Waals surface area contributed by atoms with Crippen molar-refractivity contribution in [3.8, 4) is 5.75 Å². The van der Waals surface area contributed by atoms with Gasteiger partial charge in [0.15, 0.2) is 0 Å². The Labute approximate surface area is 125 Å². The molecule has 0 bridgehead atoms. The first-order valence-corrected chi connectivity index (χ1v) is 7.19. The van der Waals surface area contributed by atoms with Crippen LogP contribution in [0.25, 0.3) is 0 Å². The number of anilines is 2. The Balaban J connectivity index is 1.84. The summed E-state index contributed by atoms with van der Waals surface area (Å²) in [5, 5.41) is 3.30. The number of hydrogen-bond acceptors (Lipinski definition) is 5. The number of aromatic nitrogens is 2. The molecule has 1 aromatic heterocycles. The van der Waals surface area contributed by atoms with E-state index in [1.165, 1.54) is 11.9 Å². The van der Waals surface area contributed by atoms with Crippen LogP contribution in [0.4, 0.5) is 11.6 Å². The molecule has 0 spiro atoms. The van der Waals surface area contributed by atoms with Crippen LogP contribution in [-0.2, 0) is 13.0 Å². The summed E-state index contributed by atoms with van der Waals surface area (Å²) < 4.78 is 6.78. The van der Waals surface area contributed by atoms with Gasteiger partial charge in [0.1, 0.15) is 23.7 Å². The first-order chi connectivity index (χ1) is 9.65. The Hall–Kier alpha value is -1.82. The molecular formula is C14H15BrN4O. The lowest BCUT2D eigenvalue weighted by Crippen LogP contribution is -2.07. The van der Waals surface area contributed by atoms with Crippen molar-refractivity contribution in [3.05, 3.63) is 39.6 Å². The zero-order valence-electron chi connectivity index (χ0n) is 11.1. The zero-order valence-corrected chi connectivity index (χ0v) is 12.7. The van der Waals surface area contributed by atoms with E-state index in [1.807, 2.05) is 6.92 Å². The van der Waals surface area contributed by atoms with Crippen LogP contribution in [0.1, 0.15) is 16.7 Å². The highest BCUT2D eigenvalue weighted by molar-refractivity contribution is 9.10. The minimum Gasteiger partial charge on any atom is -0.493 e. The fourth-order valence-corrected chi connectivity index (χ4v) is 2.85. The van der Waals surface area contributed by atoms with E-state index < -0.39 is 0 Å². The molecule has 0 saturated carbocycles. The van der Waals surface area contributed by atoms with E-state index in [4.69, 9.17) is 10.5 Å². The lowest BCUT2D eigenvalue weighted by atomic mass is 10.1. The van der Waals surface area contributed by atoms with Gasteiger partial charge < -0.3 is 15.8 Å². The molecule has 1 aliphatic heterocycles. The van der Waals surface area contributed by atoms with Crippen LogP contribution in [-0.4, -0.2) is 16.6 Å². The van der Waals surface area contributed by atoms with Crippen molar-refractivity contribution in [2.45, 2.75) is 19.9 Å². The van der Waals surface area contributed by atoms with Gasteiger partial charge in [-0.2, -0.15) is 0 Å². The highest BCUT2D eigenvalue weighted by atomic mass is 79.9.